The predicted octanol–water partition coefficient (Wildman–Crippen LogP) is 2.97. The molecule has 0 atom stereocenters. The molecule has 2 rings (SSSR count). The number of hydrogen-bond acceptors (Lipinski definition) is 3. The van der Waals surface area contributed by atoms with Crippen molar-refractivity contribution >= 4 is 0 Å². The first-order chi connectivity index (χ1) is 8.74. The molecular formula is C14H21N3O. The van der Waals surface area contributed by atoms with Crippen LogP contribution in [-0.4, -0.2) is 16.3 Å². The first-order valence-corrected chi connectivity index (χ1v) is 6.58. The van der Waals surface area contributed by atoms with E-state index in [-0.39, 0.29) is 0 Å². The van der Waals surface area contributed by atoms with Gasteiger partial charge in [0.15, 0.2) is 0 Å². The molecule has 0 unspecified atom stereocenters. The topological polar surface area (TPSA) is 43.0 Å². The van der Waals surface area contributed by atoms with Crippen molar-refractivity contribution in [2.45, 2.75) is 40.3 Å². The summed E-state index contributed by atoms with van der Waals surface area (Å²) in [5.41, 5.74) is 2.10. The second kappa shape index (κ2) is 5.87. The molecule has 1 N–H and O–H groups in total. The van der Waals surface area contributed by atoms with Gasteiger partial charge >= 0.3 is 0 Å². The summed E-state index contributed by atoms with van der Waals surface area (Å²) in [6.07, 6.45) is 3.17. The van der Waals surface area contributed by atoms with Crippen molar-refractivity contribution in [3.63, 3.8) is 0 Å². The monoisotopic (exact) mass is 247 g/mol. The summed E-state index contributed by atoms with van der Waals surface area (Å²) >= 11 is 0. The molecule has 0 bridgehead atoms. The van der Waals surface area contributed by atoms with E-state index in [9.17, 15) is 0 Å². The van der Waals surface area contributed by atoms with Crippen molar-refractivity contribution in [2.75, 3.05) is 6.54 Å². The molecule has 0 aromatic carbocycles. The summed E-state index contributed by atoms with van der Waals surface area (Å²) in [5.74, 6) is 1.88. The minimum absolute atomic E-state index is 0.787. The number of rotatable bonds is 6. The fraction of sp³-hybridized carbons (Fsp3) is 0.500. The van der Waals surface area contributed by atoms with Crippen molar-refractivity contribution in [1.82, 2.24) is 15.1 Å². The minimum atomic E-state index is 0.787. The van der Waals surface area contributed by atoms with Crippen molar-refractivity contribution in [3.8, 4) is 11.3 Å². The maximum atomic E-state index is 5.84. The Morgan fingerprint density at radius 2 is 2.17 bits per heavy atom. The third-order valence-corrected chi connectivity index (χ3v) is 2.92. The summed E-state index contributed by atoms with van der Waals surface area (Å²) in [7, 11) is 0. The molecular weight excluding hydrogens is 226 g/mol. The average molecular weight is 247 g/mol. The number of nitrogens with one attached hydrogen (secondary N) is 1. The summed E-state index contributed by atoms with van der Waals surface area (Å²) in [6.45, 7) is 8.94. The molecule has 2 heterocycles. The molecule has 0 spiro atoms. The summed E-state index contributed by atoms with van der Waals surface area (Å²) < 4.78 is 7.77. The maximum absolute atomic E-state index is 5.84. The van der Waals surface area contributed by atoms with Gasteiger partial charge in [0.25, 0.3) is 0 Å². The van der Waals surface area contributed by atoms with Crippen LogP contribution in [0.25, 0.3) is 11.3 Å². The van der Waals surface area contributed by atoms with Crippen molar-refractivity contribution in [3.05, 3.63) is 29.8 Å². The molecule has 0 saturated heterocycles. The quantitative estimate of drug-likeness (QED) is 0.798. The summed E-state index contributed by atoms with van der Waals surface area (Å²) in [4.78, 5) is 0. The van der Waals surface area contributed by atoms with Gasteiger partial charge in [-0.25, -0.2) is 0 Å². The average Bonchev–Trinajstić information content (AvgIpc) is 2.96. The fourth-order valence-corrected chi connectivity index (χ4v) is 1.93. The Morgan fingerprint density at radius 1 is 1.33 bits per heavy atom. The molecule has 0 aliphatic carbocycles. The normalized spacial score (nSPS) is 11.1. The molecule has 0 fully saturated rings. The highest BCUT2D eigenvalue weighted by atomic mass is 16.3. The van der Waals surface area contributed by atoms with Crippen LogP contribution >= 0.6 is 0 Å². The zero-order chi connectivity index (χ0) is 13.0. The number of aromatic nitrogens is 2. The first-order valence-electron chi connectivity index (χ1n) is 6.58. The lowest BCUT2D eigenvalue weighted by atomic mass is 10.2. The lowest BCUT2D eigenvalue weighted by Crippen LogP contribution is -2.12. The van der Waals surface area contributed by atoms with E-state index in [2.05, 4.69) is 24.3 Å². The van der Waals surface area contributed by atoms with E-state index in [1.54, 1.807) is 0 Å². The molecule has 4 nitrogen and oxygen atoms in total. The van der Waals surface area contributed by atoms with E-state index in [1.807, 2.05) is 29.9 Å². The van der Waals surface area contributed by atoms with E-state index in [0.717, 1.165) is 48.8 Å². The Labute approximate surface area is 108 Å². The van der Waals surface area contributed by atoms with Gasteiger partial charge in [0, 0.05) is 12.7 Å². The number of aryl methyl sites for hydroxylation is 2. The van der Waals surface area contributed by atoms with E-state index < -0.39 is 0 Å². The highest BCUT2D eigenvalue weighted by Crippen LogP contribution is 2.24. The Balaban J connectivity index is 2.11. The van der Waals surface area contributed by atoms with Crippen LogP contribution in [0.2, 0.25) is 0 Å². The Bertz CT molecular complexity index is 499. The van der Waals surface area contributed by atoms with Crippen LogP contribution in [0.5, 0.6) is 0 Å². The third kappa shape index (κ3) is 2.82. The molecule has 98 valence electrons. The van der Waals surface area contributed by atoms with Crippen molar-refractivity contribution < 1.29 is 4.42 Å². The highest BCUT2D eigenvalue weighted by molar-refractivity contribution is 5.59. The van der Waals surface area contributed by atoms with E-state index in [1.165, 1.54) is 0 Å². The number of furan rings is 1. The van der Waals surface area contributed by atoms with E-state index >= 15 is 0 Å². The van der Waals surface area contributed by atoms with Crippen LogP contribution in [0.1, 0.15) is 31.7 Å². The third-order valence-electron chi connectivity index (χ3n) is 2.92. The zero-order valence-corrected chi connectivity index (χ0v) is 11.4. The minimum Gasteiger partial charge on any atom is -0.460 e. The Morgan fingerprint density at radius 3 is 2.83 bits per heavy atom. The largest absolute Gasteiger partial charge is 0.460 e. The molecule has 0 aliphatic rings. The second-order valence-electron chi connectivity index (χ2n) is 4.43. The van der Waals surface area contributed by atoms with Gasteiger partial charge < -0.3 is 9.73 Å². The van der Waals surface area contributed by atoms with Crippen LogP contribution in [-0.2, 0) is 13.1 Å². The maximum Gasteiger partial charge on any atom is 0.137 e. The first kappa shape index (κ1) is 12.9. The molecule has 2 aromatic heterocycles. The smallest absolute Gasteiger partial charge is 0.137 e. The SMILES string of the molecule is CCCNCc1ccc(-c2cn(CC)nc2C)o1. The Hall–Kier alpha value is -1.55. The number of hydrogen-bond donors (Lipinski definition) is 1. The van der Waals surface area contributed by atoms with Crippen molar-refractivity contribution in [1.29, 1.82) is 0 Å². The van der Waals surface area contributed by atoms with Gasteiger partial charge in [-0.2, -0.15) is 5.10 Å². The molecule has 2 aromatic rings. The van der Waals surface area contributed by atoms with Crippen LogP contribution in [0, 0.1) is 6.92 Å². The van der Waals surface area contributed by atoms with E-state index in [4.69, 9.17) is 4.42 Å². The van der Waals surface area contributed by atoms with Gasteiger partial charge in [-0.05, 0) is 38.9 Å². The van der Waals surface area contributed by atoms with Crippen molar-refractivity contribution in [2.24, 2.45) is 0 Å². The van der Waals surface area contributed by atoms with Gasteiger partial charge in [-0.15, -0.1) is 0 Å². The predicted molar refractivity (Wildman–Crippen MR) is 72.3 cm³/mol. The fourth-order valence-electron chi connectivity index (χ4n) is 1.93. The van der Waals surface area contributed by atoms with Crippen LogP contribution in [0.15, 0.2) is 22.7 Å². The van der Waals surface area contributed by atoms with Crippen LogP contribution in [0.4, 0.5) is 0 Å². The standard InChI is InChI=1S/C14H21N3O/c1-4-8-15-9-12-6-7-14(18-12)13-10-17(5-2)16-11(13)3/h6-7,10,15H,4-5,8-9H2,1-3H3. The highest BCUT2D eigenvalue weighted by Gasteiger charge is 2.10. The van der Waals surface area contributed by atoms with E-state index in [0.29, 0.717) is 0 Å². The van der Waals surface area contributed by atoms with Crippen LogP contribution < -0.4 is 5.32 Å². The molecule has 0 radical (unpaired) electrons. The molecule has 18 heavy (non-hydrogen) atoms. The van der Waals surface area contributed by atoms with Gasteiger partial charge in [-0.3, -0.25) is 4.68 Å². The second-order valence-corrected chi connectivity index (χ2v) is 4.43. The molecule has 0 saturated carbocycles. The van der Waals surface area contributed by atoms with Gasteiger partial charge in [0.2, 0.25) is 0 Å². The molecule has 4 heteroatoms. The summed E-state index contributed by atoms with van der Waals surface area (Å²) in [6, 6.07) is 4.05. The number of nitrogens with zero attached hydrogens (tertiary/aromatic N) is 2. The van der Waals surface area contributed by atoms with Gasteiger partial charge in [0.05, 0.1) is 17.8 Å². The van der Waals surface area contributed by atoms with Gasteiger partial charge in [0.1, 0.15) is 11.5 Å². The van der Waals surface area contributed by atoms with Gasteiger partial charge in [-0.1, -0.05) is 6.92 Å². The Kier molecular flexibility index (Phi) is 4.20. The molecule has 0 aliphatic heterocycles. The lowest BCUT2D eigenvalue weighted by Gasteiger charge is -1.99. The molecule has 0 amide bonds. The zero-order valence-electron chi connectivity index (χ0n) is 11.4. The van der Waals surface area contributed by atoms with Crippen LogP contribution in [0.3, 0.4) is 0 Å². The lowest BCUT2D eigenvalue weighted by molar-refractivity contribution is 0.493. The summed E-state index contributed by atoms with van der Waals surface area (Å²) in [5, 5.41) is 7.76.